The molecule has 2 aromatic carbocycles. The minimum Gasteiger partial charge on any atom is -0.321 e. The number of hydrogen-bond acceptors (Lipinski definition) is 2. The number of benzene rings is 2. The minimum absolute atomic E-state index is 0.105. The van der Waals surface area contributed by atoms with Gasteiger partial charge in [-0.1, -0.05) is 0 Å². The van der Waals surface area contributed by atoms with Gasteiger partial charge in [0, 0.05) is 5.69 Å². The van der Waals surface area contributed by atoms with Gasteiger partial charge >= 0.3 is 0 Å². The lowest BCUT2D eigenvalue weighted by atomic mass is 10.2. The highest BCUT2D eigenvalue weighted by atomic mass is 19.2. The SMILES string of the molecule is C[C@H](C(=O)Nc1ccc(F)c(F)c1F)[NH+](C)CC(=O)Nc1ccc(F)cc1. The van der Waals surface area contributed by atoms with Gasteiger partial charge in [0.2, 0.25) is 0 Å². The van der Waals surface area contributed by atoms with E-state index in [0.717, 1.165) is 6.07 Å². The molecule has 0 bridgehead atoms. The zero-order valence-corrected chi connectivity index (χ0v) is 14.6. The van der Waals surface area contributed by atoms with E-state index in [1.165, 1.54) is 31.2 Å². The Bertz CT molecular complexity index is 843. The monoisotopic (exact) mass is 384 g/mol. The normalized spacial score (nSPS) is 13.0. The fraction of sp³-hybridized carbons (Fsp3) is 0.222. The van der Waals surface area contributed by atoms with Gasteiger partial charge in [-0.15, -0.1) is 0 Å². The molecule has 9 heteroatoms. The molecule has 2 atom stereocenters. The van der Waals surface area contributed by atoms with Gasteiger partial charge in [-0.2, -0.15) is 0 Å². The largest absolute Gasteiger partial charge is 0.321 e. The molecule has 3 N–H and O–H groups in total. The summed E-state index contributed by atoms with van der Waals surface area (Å²) in [6.07, 6.45) is 0. The summed E-state index contributed by atoms with van der Waals surface area (Å²) in [5, 5.41) is 4.73. The van der Waals surface area contributed by atoms with E-state index in [-0.39, 0.29) is 6.54 Å². The molecule has 5 nitrogen and oxygen atoms in total. The van der Waals surface area contributed by atoms with Crippen molar-refractivity contribution in [2.24, 2.45) is 0 Å². The van der Waals surface area contributed by atoms with E-state index in [2.05, 4.69) is 10.6 Å². The van der Waals surface area contributed by atoms with Crippen LogP contribution < -0.4 is 15.5 Å². The Balaban J connectivity index is 1.94. The van der Waals surface area contributed by atoms with E-state index in [1.807, 2.05) is 0 Å². The van der Waals surface area contributed by atoms with E-state index in [0.29, 0.717) is 16.7 Å². The van der Waals surface area contributed by atoms with Crippen molar-refractivity contribution < 1.29 is 32.1 Å². The number of anilines is 2. The molecule has 27 heavy (non-hydrogen) atoms. The van der Waals surface area contributed by atoms with Crippen LogP contribution in [0, 0.1) is 23.3 Å². The fourth-order valence-electron chi connectivity index (χ4n) is 2.23. The number of amides is 2. The molecule has 0 saturated heterocycles. The molecule has 0 aliphatic carbocycles. The van der Waals surface area contributed by atoms with Crippen LogP contribution in [0.25, 0.3) is 0 Å². The third kappa shape index (κ3) is 5.27. The first-order valence-electron chi connectivity index (χ1n) is 8.01. The third-order valence-corrected chi connectivity index (χ3v) is 3.99. The maximum absolute atomic E-state index is 13.6. The Morgan fingerprint density at radius 1 is 0.963 bits per heavy atom. The summed E-state index contributed by atoms with van der Waals surface area (Å²) in [5.41, 5.74) is -0.0931. The van der Waals surface area contributed by atoms with Crippen LogP contribution >= 0.6 is 0 Å². The zero-order chi connectivity index (χ0) is 20.1. The first-order chi connectivity index (χ1) is 12.7. The summed E-state index contributed by atoms with van der Waals surface area (Å²) in [5.74, 6) is -6.07. The number of carbonyl (C=O) groups is 2. The van der Waals surface area contributed by atoms with Crippen LogP contribution in [0.3, 0.4) is 0 Å². The molecular formula is C18H18F4N3O2+. The summed E-state index contributed by atoms with van der Waals surface area (Å²) < 4.78 is 52.6. The number of halogens is 4. The van der Waals surface area contributed by atoms with Gasteiger partial charge in [-0.05, 0) is 43.3 Å². The van der Waals surface area contributed by atoms with Crippen molar-refractivity contribution in [1.29, 1.82) is 0 Å². The number of quaternary nitrogens is 1. The first-order valence-corrected chi connectivity index (χ1v) is 8.01. The van der Waals surface area contributed by atoms with E-state index < -0.39 is 46.8 Å². The van der Waals surface area contributed by atoms with Crippen molar-refractivity contribution in [3.05, 3.63) is 59.7 Å². The van der Waals surface area contributed by atoms with Gasteiger partial charge in [0.1, 0.15) is 5.82 Å². The van der Waals surface area contributed by atoms with Crippen molar-refractivity contribution in [1.82, 2.24) is 0 Å². The lowest BCUT2D eigenvalue weighted by Crippen LogP contribution is -3.14. The molecule has 144 valence electrons. The Kier molecular flexibility index (Phi) is 6.51. The molecule has 0 radical (unpaired) electrons. The molecule has 2 rings (SSSR count). The number of carbonyl (C=O) groups excluding carboxylic acids is 2. The van der Waals surface area contributed by atoms with Crippen molar-refractivity contribution in [3.63, 3.8) is 0 Å². The van der Waals surface area contributed by atoms with Crippen LogP contribution in [0.5, 0.6) is 0 Å². The van der Waals surface area contributed by atoms with Gasteiger partial charge in [-0.25, -0.2) is 17.6 Å². The predicted octanol–water partition coefficient (Wildman–Crippen LogP) is 1.72. The lowest BCUT2D eigenvalue weighted by molar-refractivity contribution is -0.885. The molecule has 0 aliphatic heterocycles. The number of hydrogen-bond donors (Lipinski definition) is 3. The summed E-state index contributed by atoms with van der Waals surface area (Å²) in [6.45, 7) is 1.39. The van der Waals surface area contributed by atoms with Crippen LogP contribution in [0.1, 0.15) is 6.92 Å². The quantitative estimate of drug-likeness (QED) is 0.525. The summed E-state index contributed by atoms with van der Waals surface area (Å²) in [7, 11) is 1.57. The van der Waals surface area contributed by atoms with Crippen LogP contribution in [0.2, 0.25) is 0 Å². The summed E-state index contributed by atoms with van der Waals surface area (Å²) in [4.78, 5) is 24.7. The zero-order valence-electron chi connectivity index (χ0n) is 14.6. The van der Waals surface area contributed by atoms with Gasteiger partial charge in [0.05, 0.1) is 12.7 Å². The smallest absolute Gasteiger partial charge is 0.282 e. The number of nitrogens with one attached hydrogen (secondary N) is 3. The average molecular weight is 384 g/mol. The minimum atomic E-state index is -1.68. The van der Waals surface area contributed by atoms with Gasteiger partial charge in [0.15, 0.2) is 30.0 Å². The highest BCUT2D eigenvalue weighted by Crippen LogP contribution is 2.19. The predicted molar refractivity (Wildman–Crippen MR) is 91.2 cm³/mol. The van der Waals surface area contributed by atoms with Gasteiger partial charge < -0.3 is 15.5 Å². The maximum Gasteiger partial charge on any atom is 0.282 e. The van der Waals surface area contributed by atoms with E-state index in [4.69, 9.17) is 0 Å². The molecule has 0 saturated carbocycles. The lowest BCUT2D eigenvalue weighted by Gasteiger charge is -2.20. The third-order valence-electron chi connectivity index (χ3n) is 3.99. The molecule has 2 aromatic rings. The molecule has 0 heterocycles. The fourth-order valence-corrected chi connectivity index (χ4v) is 2.23. The average Bonchev–Trinajstić information content (AvgIpc) is 2.63. The van der Waals surface area contributed by atoms with E-state index in [9.17, 15) is 27.2 Å². The van der Waals surface area contributed by atoms with E-state index in [1.54, 1.807) is 7.05 Å². The van der Waals surface area contributed by atoms with Crippen LogP contribution in [0.4, 0.5) is 28.9 Å². The van der Waals surface area contributed by atoms with Crippen LogP contribution in [0.15, 0.2) is 36.4 Å². The number of likely N-dealkylation sites (N-methyl/N-ethyl adjacent to an activating group) is 1. The highest BCUT2D eigenvalue weighted by molar-refractivity contribution is 5.94. The Morgan fingerprint density at radius 2 is 1.59 bits per heavy atom. The Labute approximate surface area is 153 Å². The standard InChI is InChI=1S/C18H17F4N3O2/c1-10(18(27)24-14-8-7-13(20)16(21)17(14)22)25(2)9-15(26)23-12-5-3-11(19)4-6-12/h3-8,10H,9H2,1-2H3,(H,23,26)(H,24,27)/p+1/t10-/m1/s1. The molecule has 0 aromatic heterocycles. The molecule has 2 amide bonds. The molecule has 0 aliphatic rings. The summed E-state index contributed by atoms with van der Waals surface area (Å²) in [6, 6.07) is 5.99. The Morgan fingerprint density at radius 3 is 2.22 bits per heavy atom. The van der Waals surface area contributed by atoms with Crippen molar-refractivity contribution in [3.8, 4) is 0 Å². The maximum atomic E-state index is 13.6. The molecule has 0 spiro atoms. The summed E-state index contributed by atoms with van der Waals surface area (Å²) >= 11 is 0. The van der Waals surface area contributed by atoms with Crippen LogP contribution in [-0.2, 0) is 9.59 Å². The second-order valence-corrected chi connectivity index (χ2v) is 6.01. The first kappa shape index (κ1) is 20.4. The molecule has 1 unspecified atom stereocenters. The van der Waals surface area contributed by atoms with Crippen LogP contribution in [-0.4, -0.2) is 31.4 Å². The highest BCUT2D eigenvalue weighted by Gasteiger charge is 2.25. The second kappa shape index (κ2) is 8.63. The molecule has 0 fully saturated rings. The topological polar surface area (TPSA) is 62.6 Å². The van der Waals surface area contributed by atoms with Crippen molar-refractivity contribution in [2.45, 2.75) is 13.0 Å². The van der Waals surface area contributed by atoms with Gasteiger partial charge in [0.25, 0.3) is 11.8 Å². The Hall–Kier alpha value is -2.94. The number of rotatable bonds is 6. The van der Waals surface area contributed by atoms with Gasteiger partial charge in [-0.3, -0.25) is 9.59 Å². The van der Waals surface area contributed by atoms with Crippen molar-refractivity contribution >= 4 is 23.2 Å². The van der Waals surface area contributed by atoms with E-state index >= 15 is 0 Å². The van der Waals surface area contributed by atoms with Crippen molar-refractivity contribution in [2.75, 3.05) is 24.2 Å². The molecular weight excluding hydrogens is 366 g/mol. The second-order valence-electron chi connectivity index (χ2n) is 6.01.